The van der Waals surface area contributed by atoms with Gasteiger partial charge in [-0.25, -0.2) is 4.98 Å². The molecule has 2 N–H and O–H groups in total. The molecule has 0 aliphatic carbocycles. The molecule has 0 saturated carbocycles. The fourth-order valence-corrected chi connectivity index (χ4v) is 3.14. The lowest BCUT2D eigenvalue weighted by atomic mass is 10.1. The lowest BCUT2D eigenvalue weighted by Crippen LogP contribution is -2.26. The highest BCUT2D eigenvalue weighted by atomic mass is 15.4. The molecule has 3 aromatic rings. The van der Waals surface area contributed by atoms with E-state index in [1.165, 1.54) is 10.9 Å². The number of nitrogens with two attached hydrogens (primary N) is 1. The summed E-state index contributed by atoms with van der Waals surface area (Å²) in [4.78, 5) is 7.00. The minimum atomic E-state index is 0.712. The van der Waals surface area contributed by atoms with E-state index in [2.05, 4.69) is 31.0 Å². The third-order valence-electron chi connectivity index (χ3n) is 4.39. The molecule has 0 bridgehead atoms. The van der Waals surface area contributed by atoms with E-state index in [1.807, 2.05) is 18.2 Å². The summed E-state index contributed by atoms with van der Waals surface area (Å²) >= 11 is 0. The van der Waals surface area contributed by atoms with E-state index in [0.29, 0.717) is 5.82 Å². The van der Waals surface area contributed by atoms with Crippen molar-refractivity contribution < 1.29 is 0 Å². The molecule has 0 amide bonds. The molecular weight excluding hydrogens is 274 g/mol. The lowest BCUT2D eigenvalue weighted by Gasteiger charge is -2.21. The van der Waals surface area contributed by atoms with Crippen LogP contribution in [0.2, 0.25) is 0 Å². The predicted molar refractivity (Wildman–Crippen MR) is 88.1 cm³/mol. The van der Waals surface area contributed by atoms with Crippen molar-refractivity contribution in [2.45, 2.75) is 19.9 Å². The summed E-state index contributed by atoms with van der Waals surface area (Å²) in [5.74, 6) is 1.51. The van der Waals surface area contributed by atoms with Crippen LogP contribution < -0.4 is 5.73 Å². The molecule has 5 nitrogen and oxygen atoms in total. The normalized spacial score (nSPS) is 15.2. The minimum Gasteiger partial charge on any atom is -0.383 e. The van der Waals surface area contributed by atoms with Gasteiger partial charge in [0.2, 0.25) is 0 Å². The number of anilines is 1. The zero-order chi connectivity index (χ0) is 15.3. The smallest absolute Gasteiger partial charge is 0.156 e. The Hall–Kier alpha value is -2.40. The van der Waals surface area contributed by atoms with Crippen molar-refractivity contribution in [3.8, 4) is 5.82 Å². The van der Waals surface area contributed by atoms with Gasteiger partial charge in [0, 0.05) is 30.5 Å². The van der Waals surface area contributed by atoms with E-state index < -0.39 is 0 Å². The minimum absolute atomic E-state index is 0.712. The first-order valence-corrected chi connectivity index (χ1v) is 7.55. The van der Waals surface area contributed by atoms with Gasteiger partial charge in [0.05, 0.1) is 11.2 Å². The van der Waals surface area contributed by atoms with E-state index in [-0.39, 0.29) is 0 Å². The molecule has 112 valence electrons. The summed E-state index contributed by atoms with van der Waals surface area (Å²) in [6, 6.07) is 10.2. The van der Waals surface area contributed by atoms with Crippen LogP contribution in [-0.4, -0.2) is 33.3 Å². The zero-order valence-electron chi connectivity index (χ0n) is 12.9. The SMILES string of the molecule is Cc1cc(-n2nc3c(c2N)CN(C)CC3)nc2ccccc12. The number of pyridine rings is 1. The van der Waals surface area contributed by atoms with E-state index in [1.54, 1.807) is 4.68 Å². The standard InChI is InChI=1S/C17H19N5/c1-11-9-16(19-14-6-4-3-5-12(11)14)22-17(18)13-10-21(2)8-7-15(13)20-22/h3-6,9H,7-8,10,18H2,1-2H3. The topological polar surface area (TPSA) is 60.0 Å². The molecule has 0 atom stereocenters. The largest absolute Gasteiger partial charge is 0.383 e. The number of para-hydroxylation sites is 1. The highest BCUT2D eigenvalue weighted by Crippen LogP contribution is 2.27. The molecule has 1 aliphatic rings. The van der Waals surface area contributed by atoms with E-state index >= 15 is 0 Å². The Morgan fingerprint density at radius 2 is 2.05 bits per heavy atom. The third-order valence-corrected chi connectivity index (χ3v) is 4.39. The maximum absolute atomic E-state index is 6.35. The Balaban J connectivity index is 1.89. The van der Waals surface area contributed by atoms with E-state index in [9.17, 15) is 0 Å². The van der Waals surface area contributed by atoms with Crippen molar-refractivity contribution in [3.63, 3.8) is 0 Å². The quantitative estimate of drug-likeness (QED) is 0.748. The summed E-state index contributed by atoms with van der Waals surface area (Å²) in [6.07, 6.45) is 0.940. The van der Waals surface area contributed by atoms with Crippen molar-refractivity contribution in [3.05, 3.63) is 47.2 Å². The first-order valence-electron chi connectivity index (χ1n) is 7.55. The second-order valence-corrected chi connectivity index (χ2v) is 6.02. The third kappa shape index (κ3) is 1.97. The first-order chi connectivity index (χ1) is 10.6. The van der Waals surface area contributed by atoms with Gasteiger partial charge in [-0.1, -0.05) is 18.2 Å². The average molecular weight is 293 g/mol. The first kappa shape index (κ1) is 13.3. The number of fused-ring (bicyclic) bond motifs is 2. The van der Waals surface area contributed by atoms with Crippen molar-refractivity contribution in [2.24, 2.45) is 0 Å². The summed E-state index contributed by atoms with van der Waals surface area (Å²) in [6.45, 7) is 3.97. The maximum atomic E-state index is 6.35. The fraction of sp³-hybridized carbons (Fsp3) is 0.294. The van der Waals surface area contributed by atoms with Crippen molar-refractivity contribution in [1.82, 2.24) is 19.7 Å². The molecule has 2 aromatic heterocycles. The van der Waals surface area contributed by atoms with Gasteiger partial charge in [0.15, 0.2) is 5.82 Å². The Morgan fingerprint density at radius 3 is 2.91 bits per heavy atom. The summed E-state index contributed by atoms with van der Waals surface area (Å²) in [5, 5.41) is 5.87. The van der Waals surface area contributed by atoms with Crippen molar-refractivity contribution >= 4 is 16.7 Å². The van der Waals surface area contributed by atoms with Crippen LogP contribution in [-0.2, 0) is 13.0 Å². The predicted octanol–water partition coefficient (Wildman–Crippen LogP) is 2.30. The van der Waals surface area contributed by atoms with Crippen molar-refractivity contribution in [1.29, 1.82) is 0 Å². The van der Waals surface area contributed by atoms with Crippen molar-refractivity contribution in [2.75, 3.05) is 19.3 Å². The number of hydrogen-bond acceptors (Lipinski definition) is 4. The average Bonchev–Trinajstić information content (AvgIpc) is 2.84. The summed E-state index contributed by atoms with van der Waals surface area (Å²) in [5.41, 5.74) is 10.7. The second-order valence-electron chi connectivity index (χ2n) is 6.02. The van der Waals surface area contributed by atoms with Gasteiger partial charge in [-0.05, 0) is 31.7 Å². The number of hydrogen-bond donors (Lipinski definition) is 1. The molecule has 0 fully saturated rings. The number of nitrogens with zero attached hydrogens (tertiary/aromatic N) is 4. The van der Waals surface area contributed by atoms with Crippen LogP contribution in [0.15, 0.2) is 30.3 Å². The number of likely N-dealkylation sites (N-methyl/N-ethyl adjacent to an activating group) is 1. The zero-order valence-corrected chi connectivity index (χ0v) is 12.9. The Morgan fingerprint density at radius 1 is 1.23 bits per heavy atom. The molecule has 0 radical (unpaired) electrons. The van der Waals surface area contributed by atoms with Gasteiger partial charge >= 0.3 is 0 Å². The maximum Gasteiger partial charge on any atom is 0.156 e. The van der Waals surface area contributed by atoms with Crippen LogP contribution in [0.3, 0.4) is 0 Å². The van der Waals surface area contributed by atoms with Crippen LogP contribution in [0, 0.1) is 6.92 Å². The van der Waals surface area contributed by atoms with Gasteiger partial charge in [0.1, 0.15) is 5.82 Å². The van der Waals surface area contributed by atoms with Crippen LogP contribution in [0.5, 0.6) is 0 Å². The molecule has 1 aromatic carbocycles. The molecule has 1 aliphatic heterocycles. The summed E-state index contributed by atoms with van der Waals surface area (Å²) in [7, 11) is 2.11. The molecule has 0 saturated heterocycles. The number of aryl methyl sites for hydroxylation is 1. The van der Waals surface area contributed by atoms with Gasteiger partial charge in [-0.15, -0.1) is 0 Å². The van der Waals surface area contributed by atoms with Crippen LogP contribution in [0.1, 0.15) is 16.8 Å². The molecule has 0 unspecified atom stereocenters. The number of benzene rings is 1. The molecule has 0 spiro atoms. The van der Waals surface area contributed by atoms with E-state index in [0.717, 1.165) is 42.1 Å². The molecule has 4 rings (SSSR count). The number of aromatic nitrogens is 3. The highest BCUT2D eigenvalue weighted by molar-refractivity contribution is 5.83. The Kier molecular flexibility index (Phi) is 2.90. The molecular formula is C17H19N5. The molecule has 5 heteroatoms. The lowest BCUT2D eigenvalue weighted by molar-refractivity contribution is 0.312. The van der Waals surface area contributed by atoms with Crippen LogP contribution in [0.4, 0.5) is 5.82 Å². The highest BCUT2D eigenvalue weighted by Gasteiger charge is 2.22. The van der Waals surface area contributed by atoms with Gasteiger partial charge in [-0.2, -0.15) is 9.78 Å². The van der Waals surface area contributed by atoms with Crippen LogP contribution >= 0.6 is 0 Å². The van der Waals surface area contributed by atoms with Gasteiger partial charge in [-0.3, -0.25) is 0 Å². The monoisotopic (exact) mass is 293 g/mol. The number of nitrogen functional groups attached to an aromatic ring is 1. The van der Waals surface area contributed by atoms with Gasteiger partial charge < -0.3 is 10.6 Å². The fourth-order valence-electron chi connectivity index (χ4n) is 3.14. The van der Waals surface area contributed by atoms with E-state index in [4.69, 9.17) is 15.8 Å². The Labute approximate surface area is 129 Å². The second kappa shape index (κ2) is 4.81. The van der Waals surface area contributed by atoms with Crippen LogP contribution in [0.25, 0.3) is 16.7 Å². The van der Waals surface area contributed by atoms with Gasteiger partial charge in [0.25, 0.3) is 0 Å². The molecule has 22 heavy (non-hydrogen) atoms. The number of rotatable bonds is 1. The summed E-state index contributed by atoms with van der Waals surface area (Å²) < 4.78 is 1.79. The Bertz CT molecular complexity index is 865. The molecule has 3 heterocycles.